The van der Waals surface area contributed by atoms with Crippen LogP contribution in [0, 0.1) is 6.92 Å². The largest absolute Gasteiger partial charge is 0.395 e. The Morgan fingerprint density at radius 3 is 2.25 bits per heavy atom. The van der Waals surface area contributed by atoms with E-state index >= 15 is 0 Å². The molecule has 1 fully saturated rings. The van der Waals surface area contributed by atoms with Crippen molar-refractivity contribution in [1.82, 2.24) is 0 Å². The Morgan fingerprint density at radius 2 is 1.88 bits per heavy atom. The van der Waals surface area contributed by atoms with E-state index in [0.29, 0.717) is 0 Å². The average Bonchev–Trinajstić information content (AvgIpc) is 2.17. The van der Waals surface area contributed by atoms with Gasteiger partial charge in [-0.3, -0.25) is 0 Å². The minimum atomic E-state index is -3.51. The summed E-state index contributed by atoms with van der Waals surface area (Å²) in [6.45, 7) is 1.63. The number of aryl methyl sites for hydroxylation is 1. The Bertz CT molecular complexity index is 466. The standard InChI is InChI=1S/C11H14O4S/c1-9-2-4-10(5-3-9)16(13,14)11(6-12)7-15-8-11/h2-5,12H,6-8H2,1H3. The van der Waals surface area contributed by atoms with Crippen LogP contribution < -0.4 is 0 Å². The zero-order valence-electron chi connectivity index (χ0n) is 9.01. The average molecular weight is 242 g/mol. The molecule has 0 radical (unpaired) electrons. The van der Waals surface area contributed by atoms with Crippen LogP contribution in [-0.4, -0.2) is 38.1 Å². The minimum Gasteiger partial charge on any atom is -0.395 e. The van der Waals surface area contributed by atoms with E-state index in [1.54, 1.807) is 24.3 Å². The molecule has 1 aromatic rings. The molecule has 0 unspecified atom stereocenters. The van der Waals surface area contributed by atoms with Crippen LogP contribution in [0.5, 0.6) is 0 Å². The molecule has 2 rings (SSSR count). The van der Waals surface area contributed by atoms with Crippen molar-refractivity contribution in [1.29, 1.82) is 0 Å². The van der Waals surface area contributed by atoms with Gasteiger partial charge in [0.15, 0.2) is 9.84 Å². The maximum atomic E-state index is 12.2. The van der Waals surface area contributed by atoms with Gasteiger partial charge in [-0.2, -0.15) is 0 Å². The molecule has 0 aliphatic carbocycles. The Morgan fingerprint density at radius 1 is 1.31 bits per heavy atom. The van der Waals surface area contributed by atoms with Crippen molar-refractivity contribution in [2.24, 2.45) is 0 Å². The Hall–Kier alpha value is -0.910. The number of ether oxygens (including phenoxy) is 1. The number of hydrogen-bond acceptors (Lipinski definition) is 4. The van der Waals surface area contributed by atoms with Crippen molar-refractivity contribution in [3.63, 3.8) is 0 Å². The highest BCUT2D eigenvalue weighted by Gasteiger charge is 2.50. The maximum Gasteiger partial charge on any atom is 0.190 e. The summed E-state index contributed by atoms with van der Waals surface area (Å²) < 4.78 is 28.3. The molecule has 1 aliphatic heterocycles. The summed E-state index contributed by atoms with van der Waals surface area (Å²) in [5.41, 5.74) is 1.00. The summed E-state index contributed by atoms with van der Waals surface area (Å²) in [6, 6.07) is 6.63. The van der Waals surface area contributed by atoms with Crippen molar-refractivity contribution >= 4 is 9.84 Å². The second-order valence-electron chi connectivity index (χ2n) is 4.15. The first kappa shape index (κ1) is 11.6. The van der Waals surface area contributed by atoms with Crippen LogP contribution >= 0.6 is 0 Å². The molecule has 5 heteroatoms. The van der Waals surface area contributed by atoms with Crippen LogP contribution in [-0.2, 0) is 14.6 Å². The first-order valence-corrected chi connectivity index (χ1v) is 6.50. The van der Waals surface area contributed by atoms with Gasteiger partial charge in [0.1, 0.15) is 4.75 Å². The molecule has 0 saturated carbocycles. The Labute approximate surface area is 94.8 Å². The fourth-order valence-corrected chi connectivity index (χ4v) is 3.27. The van der Waals surface area contributed by atoms with Crippen molar-refractivity contribution in [2.75, 3.05) is 19.8 Å². The summed E-state index contributed by atoms with van der Waals surface area (Å²) >= 11 is 0. The van der Waals surface area contributed by atoms with E-state index in [9.17, 15) is 13.5 Å². The number of rotatable bonds is 3. The number of aliphatic hydroxyl groups is 1. The summed E-state index contributed by atoms with van der Waals surface area (Å²) in [5.74, 6) is 0. The predicted molar refractivity (Wildman–Crippen MR) is 59.0 cm³/mol. The van der Waals surface area contributed by atoms with E-state index in [1.165, 1.54) is 0 Å². The van der Waals surface area contributed by atoms with E-state index in [1.807, 2.05) is 6.92 Å². The summed E-state index contributed by atoms with van der Waals surface area (Å²) in [6.07, 6.45) is 0. The number of aliphatic hydroxyl groups excluding tert-OH is 1. The SMILES string of the molecule is Cc1ccc(S(=O)(=O)C2(CO)COC2)cc1. The molecule has 0 atom stereocenters. The van der Waals surface area contributed by atoms with Gasteiger partial charge in [0.2, 0.25) is 0 Å². The summed E-state index contributed by atoms with van der Waals surface area (Å²) in [5, 5.41) is 9.23. The van der Waals surface area contributed by atoms with E-state index in [0.717, 1.165) is 5.56 Å². The number of sulfone groups is 1. The van der Waals surface area contributed by atoms with Gasteiger partial charge in [0.05, 0.1) is 24.7 Å². The maximum absolute atomic E-state index is 12.2. The van der Waals surface area contributed by atoms with Gasteiger partial charge in [-0.25, -0.2) is 8.42 Å². The molecule has 0 aromatic heterocycles. The minimum absolute atomic E-state index is 0.0692. The molecule has 0 bridgehead atoms. The van der Waals surface area contributed by atoms with Crippen molar-refractivity contribution in [3.05, 3.63) is 29.8 Å². The molecular formula is C11H14O4S. The third kappa shape index (κ3) is 1.55. The molecule has 1 heterocycles. The molecule has 4 nitrogen and oxygen atoms in total. The van der Waals surface area contributed by atoms with Crippen LogP contribution in [0.25, 0.3) is 0 Å². The lowest BCUT2D eigenvalue weighted by Gasteiger charge is -2.38. The van der Waals surface area contributed by atoms with Gasteiger partial charge in [0.25, 0.3) is 0 Å². The van der Waals surface area contributed by atoms with Gasteiger partial charge in [-0.05, 0) is 19.1 Å². The third-order valence-corrected chi connectivity index (χ3v) is 5.32. The first-order chi connectivity index (χ1) is 7.52. The molecule has 1 N–H and O–H groups in total. The predicted octanol–water partition coefficient (Wildman–Crippen LogP) is 0.530. The van der Waals surface area contributed by atoms with Crippen LogP contribution in [0.15, 0.2) is 29.2 Å². The van der Waals surface area contributed by atoms with Gasteiger partial charge in [-0.15, -0.1) is 0 Å². The van der Waals surface area contributed by atoms with E-state index in [-0.39, 0.29) is 18.1 Å². The highest BCUT2D eigenvalue weighted by molar-refractivity contribution is 7.93. The van der Waals surface area contributed by atoms with Crippen LogP contribution in [0.4, 0.5) is 0 Å². The quantitative estimate of drug-likeness (QED) is 0.839. The molecule has 88 valence electrons. The number of hydrogen-bond donors (Lipinski definition) is 1. The molecule has 1 saturated heterocycles. The summed E-state index contributed by atoms with van der Waals surface area (Å²) in [7, 11) is -3.51. The topological polar surface area (TPSA) is 63.6 Å². The van der Waals surface area contributed by atoms with E-state index in [2.05, 4.69) is 0 Å². The Balaban J connectivity index is 2.42. The van der Waals surface area contributed by atoms with Gasteiger partial charge >= 0.3 is 0 Å². The summed E-state index contributed by atoms with van der Waals surface area (Å²) in [4.78, 5) is 0.246. The molecule has 1 aromatic carbocycles. The normalized spacial score (nSPS) is 19.1. The second kappa shape index (κ2) is 3.84. The van der Waals surface area contributed by atoms with Gasteiger partial charge in [0, 0.05) is 0 Å². The van der Waals surface area contributed by atoms with Gasteiger partial charge < -0.3 is 9.84 Å². The third-order valence-electron chi connectivity index (χ3n) is 2.92. The zero-order valence-corrected chi connectivity index (χ0v) is 9.83. The molecule has 0 spiro atoms. The monoisotopic (exact) mass is 242 g/mol. The highest BCUT2D eigenvalue weighted by Crippen LogP contribution is 2.32. The lowest BCUT2D eigenvalue weighted by atomic mass is 10.1. The van der Waals surface area contributed by atoms with Crippen LogP contribution in [0.3, 0.4) is 0 Å². The molecule has 1 aliphatic rings. The second-order valence-corrected chi connectivity index (χ2v) is 6.49. The van der Waals surface area contributed by atoms with E-state index < -0.39 is 21.2 Å². The smallest absolute Gasteiger partial charge is 0.190 e. The van der Waals surface area contributed by atoms with Crippen LogP contribution in [0.2, 0.25) is 0 Å². The molecule has 16 heavy (non-hydrogen) atoms. The van der Waals surface area contributed by atoms with Crippen molar-refractivity contribution in [2.45, 2.75) is 16.6 Å². The first-order valence-electron chi connectivity index (χ1n) is 5.02. The lowest BCUT2D eigenvalue weighted by molar-refractivity contribution is -0.0367. The fourth-order valence-electron chi connectivity index (χ4n) is 1.63. The molecule has 0 amide bonds. The number of benzene rings is 1. The zero-order chi connectivity index (χ0) is 11.8. The van der Waals surface area contributed by atoms with Crippen LogP contribution in [0.1, 0.15) is 5.56 Å². The lowest BCUT2D eigenvalue weighted by Crippen LogP contribution is -2.58. The molecular weight excluding hydrogens is 228 g/mol. The fraction of sp³-hybridized carbons (Fsp3) is 0.455. The highest BCUT2D eigenvalue weighted by atomic mass is 32.2. The van der Waals surface area contributed by atoms with Crippen molar-refractivity contribution in [3.8, 4) is 0 Å². The van der Waals surface area contributed by atoms with E-state index in [4.69, 9.17) is 4.74 Å². The Kier molecular flexibility index (Phi) is 2.77. The van der Waals surface area contributed by atoms with Gasteiger partial charge in [-0.1, -0.05) is 17.7 Å². The van der Waals surface area contributed by atoms with Crippen molar-refractivity contribution < 1.29 is 18.3 Å².